The maximum absolute atomic E-state index is 13.3. The molecule has 0 fully saturated rings. The van der Waals surface area contributed by atoms with Gasteiger partial charge in [0.2, 0.25) is 0 Å². The lowest BCUT2D eigenvalue weighted by molar-refractivity contribution is 0.0842. The average Bonchev–Trinajstić information content (AvgIpc) is 2.32. The highest BCUT2D eigenvalue weighted by Gasteiger charge is 2.25. The standard InChI is InChI=1S/C12H15F2NO2/c1-3-12(2,7-16)15-11(17)8-5-4-6-9(13)10(8)14/h4-6,16H,3,7H2,1-2H3,(H,15,17). The largest absolute Gasteiger partial charge is 0.394 e. The van der Waals surface area contributed by atoms with Gasteiger partial charge in [0.1, 0.15) is 0 Å². The maximum Gasteiger partial charge on any atom is 0.254 e. The van der Waals surface area contributed by atoms with E-state index in [2.05, 4.69) is 5.32 Å². The van der Waals surface area contributed by atoms with Gasteiger partial charge in [-0.3, -0.25) is 4.79 Å². The number of nitrogens with one attached hydrogen (secondary N) is 1. The maximum atomic E-state index is 13.3. The topological polar surface area (TPSA) is 49.3 Å². The van der Waals surface area contributed by atoms with E-state index in [1.54, 1.807) is 13.8 Å². The smallest absolute Gasteiger partial charge is 0.254 e. The molecule has 0 aliphatic heterocycles. The Labute approximate surface area is 98.5 Å². The van der Waals surface area contributed by atoms with E-state index >= 15 is 0 Å². The second kappa shape index (κ2) is 5.23. The van der Waals surface area contributed by atoms with Gasteiger partial charge in [-0.05, 0) is 25.5 Å². The number of hydrogen-bond acceptors (Lipinski definition) is 2. The summed E-state index contributed by atoms with van der Waals surface area (Å²) in [4.78, 5) is 11.7. The Morgan fingerprint density at radius 2 is 2.12 bits per heavy atom. The molecule has 5 heteroatoms. The summed E-state index contributed by atoms with van der Waals surface area (Å²) in [7, 11) is 0. The number of benzene rings is 1. The normalized spacial score (nSPS) is 14.2. The van der Waals surface area contributed by atoms with Crippen LogP contribution in [-0.4, -0.2) is 23.2 Å². The highest BCUT2D eigenvalue weighted by Crippen LogP contribution is 2.14. The summed E-state index contributed by atoms with van der Waals surface area (Å²) in [5.41, 5.74) is -1.20. The Bertz CT molecular complexity index is 417. The monoisotopic (exact) mass is 243 g/mol. The van der Waals surface area contributed by atoms with Crippen molar-refractivity contribution in [3.8, 4) is 0 Å². The van der Waals surface area contributed by atoms with Crippen LogP contribution in [0, 0.1) is 11.6 Å². The predicted molar refractivity (Wildman–Crippen MR) is 59.6 cm³/mol. The van der Waals surface area contributed by atoms with Crippen molar-refractivity contribution in [1.29, 1.82) is 0 Å². The highest BCUT2D eigenvalue weighted by molar-refractivity contribution is 5.94. The molecule has 0 spiro atoms. The molecular formula is C12H15F2NO2. The van der Waals surface area contributed by atoms with Crippen molar-refractivity contribution in [2.75, 3.05) is 6.61 Å². The minimum absolute atomic E-state index is 0.272. The zero-order valence-electron chi connectivity index (χ0n) is 9.76. The van der Waals surface area contributed by atoms with Crippen LogP contribution in [0.5, 0.6) is 0 Å². The molecule has 0 heterocycles. The second-order valence-corrected chi connectivity index (χ2v) is 4.13. The first-order chi connectivity index (χ1) is 7.93. The molecule has 0 saturated carbocycles. The van der Waals surface area contributed by atoms with Gasteiger partial charge >= 0.3 is 0 Å². The number of aliphatic hydroxyl groups excluding tert-OH is 1. The molecular weight excluding hydrogens is 228 g/mol. The van der Waals surface area contributed by atoms with Crippen LogP contribution in [0.25, 0.3) is 0 Å². The second-order valence-electron chi connectivity index (χ2n) is 4.13. The van der Waals surface area contributed by atoms with Crippen molar-refractivity contribution >= 4 is 5.91 Å². The van der Waals surface area contributed by atoms with Crippen LogP contribution in [0.15, 0.2) is 18.2 Å². The van der Waals surface area contributed by atoms with Gasteiger partial charge in [-0.1, -0.05) is 13.0 Å². The number of aliphatic hydroxyl groups is 1. The van der Waals surface area contributed by atoms with Crippen molar-refractivity contribution < 1.29 is 18.7 Å². The molecule has 1 aromatic rings. The van der Waals surface area contributed by atoms with Crippen molar-refractivity contribution in [2.45, 2.75) is 25.8 Å². The van der Waals surface area contributed by atoms with E-state index in [0.29, 0.717) is 6.42 Å². The Hall–Kier alpha value is -1.49. The first-order valence-electron chi connectivity index (χ1n) is 5.31. The molecule has 0 aliphatic carbocycles. The molecule has 1 aromatic carbocycles. The first-order valence-corrected chi connectivity index (χ1v) is 5.31. The zero-order valence-corrected chi connectivity index (χ0v) is 9.76. The number of rotatable bonds is 4. The molecule has 94 valence electrons. The third kappa shape index (κ3) is 3.00. The fraction of sp³-hybridized carbons (Fsp3) is 0.417. The van der Waals surface area contributed by atoms with Gasteiger partial charge in [0.25, 0.3) is 5.91 Å². The van der Waals surface area contributed by atoms with Gasteiger partial charge < -0.3 is 10.4 Å². The summed E-state index contributed by atoms with van der Waals surface area (Å²) in [6.45, 7) is 3.13. The third-order valence-electron chi connectivity index (χ3n) is 2.74. The quantitative estimate of drug-likeness (QED) is 0.848. The number of carbonyl (C=O) groups excluding carboxylic acids is 1. The highest BCUT2D eigenvalue weighted by atomic mass is 19.2. The van der Waals surface area contributed by atoms with Crippen LogP contribution in [-0.2, 0) is 0 Å². The number of halogens is 2. The fourth-order valence-electron chi connectivity index (χ4n) is 1.26. The van der Waals surface area contributed by atoms with E-state index in [9.17, 15) is 13.6 Å². The van der Waals surface area contributed by atoms with Crippen LogP contribution >= 0.6 is 0 Å². The van der Waals surface area contributed by atoms with E-state index in [0.717, 1.165) is 6.07 Å². The molecule has 0 aliphatic rings. The third-order valence-corrected chi connectivity index (χ3v) is 2.74. The summed E-state index contributed by atoms with van der Waals surface area (Å²) >= 11 is 0. The van der Waals surface area contributed by atoms with E-state index in [4.69, 9.17) is 5.11 Å². The first kappa shape index (κ1) is 13.6. The summed E-state index contributed by atoms with van der Waals surface area (Å²) in [5.74, 6) is -2.98. The Kier molecular flexibility index (Phi) is 4.17. The molecule has 1 rings (SSSR count). The molecule has 0 radical (unpaired) electrons. The van der Waals surface area contributed by atoms with Crippen molar-refractivity contribution in [2.24, 2.45) is 0 Å². The molecule has 0 saturated heterocycles. The summed E-state index contributed by atoms with van der Waals surface area (Å²) < 4.78 is 26.3. The van der Waals surface area contributed by atoms with Gasteiger partial charge in [0.15, 0.2) is 11.6 Å². The van der Waals surface area contributed by atoms with Crippen LogP contribution in [0.1, 0.15) is 30.6 Å². The zero-order chi connectivity index (χ0) is 13.1. The van der Waals surface area contributed by atoms with Gasteiger partial charge in [-0.2, -0.15) is 0 Å². The minimum Gasteiger partial charge on any atom is -0.394 e. The van der Waals surface area contributed by atoms with E-state index < -0.39 is 23.1 Å². The van der Waals surface area contributed by atoms with Gasteiger partial charge in [0.05, 0.1) is 17.7 Å². The summed E-state index contributed by atoms with van der Waals surface area (Å²) in [6.07, 6.45) is 0.478. The van der Waals surface area contributed by atoms with E-state index in [1.807, 2.05) is 0 Å². The van der Waals surface area contributed by atoms with Crippen LogP contribution in [0.4, 0.5) is 8.78 Å². The lowest BCUT2D eigenvalue weighted by Crippen LogP contribution is -2.48. The molecule has 1 unspecified atom stereocenters. The SMILES string of the molecule is CCC(C)(CO)NC(=O)c1cccc(F)c1F. The lowest BCUT2D eigenvalue weighted by Gasteiger charge is -2.27. The fourth-order valence-corrected chi connectivity index (χ4v) is 1.26. The van der Waals surface area contributed by atoms with E-state index in [1.165, 1.54) is 12.1 Å². The van der Waals surface area contributed by atoms with Crippen molar-refractivity contribution in [3.63, 3.8) is 0 Å². The predicted octanol–water partition coefficient (Wildman–Crippen LogP) is 1.86. The molecule has 1 atom stereocenters. The average molecular weight is 243 g/mol. The van der Waals surface area contributed by atoms with E-state index in [-0.39, 0.29) is 12.2 Å². The Balaban J connectivity index is 2.94. The lowest BCUT2D eigenvalue weighted by atomic mass is 9.99. The van der Waals surface area contributed by atoms with Gasteiger partial charge in [0, 0.05) is 0 Å². The van der Waals surface area contributed by atoms with Crippen molar-refractivity contribution in [3.05, 3.63) is 35.4 Å². The summed E-state index contributed by atoms with van der Waals surface area (Å²) in [6, 6.07) is 3.40. The molecule has 0 bridgehead atoms. The molecule has 0 aromatic heterocycles. The van der Waals surface area contributed by atoms with Crippen LogP contribution in [0.2, 0.25) is 0 Å². The van der Waals surface area contributed by atoms with Gasteiger partial charge in [-0.15, -0.1) is 0 Å². The molecule has 17 heavy (non-hydrogen) atoms. The Morgan fingerprint density at radius 1 is 1.47 bits per heavy atom. The number of hydrogen-bond donors (Lipinski definition) is 2. The minimum atomic E-state index is -1.18. The molecule has 1 amide bonds. The molecule has 2 N–H and O–H groups in total. The van der Waals surface area contributed by atoms with Crippen molar-refractivity contribution in [1.82, 2.24) is 5.32 Å². The Morgan fingerprint density at radius 3 is 2.65 bits per heavy atom. The van der Waals surface area contributed by atoms with Crippen LogP contribution in [0.3, 0.4) is 0 Å². The number of amides is 1. The number of carbonyl (C=O) groups is 1. The summed E-state index contributed by atoms with van der Waals surface area (Å²) in [5, 5.41) is 11.6. The van der Waals surface area contributed by atoms with Gasteiger partial charge in [-0.25, -0.2) is 8.78 Å². The van der Waals surface area contributed by atoms with Crippen LogP contribution < -0.4 is 5.32 Å². The molecule has 3 nitrogen and oxygen atoms in total.